The van der Waals surface area contributed by atoms with Gasteiger partial charge in [-0.3, -0.25) is 4.79 Å². The standard InChI is InChI=1S/C14H17FN2O/c1-3-17(4-2)14(18)12(10-16)9-11-7-5-6-8-13(11)15/h5-8,12H,3-4,9H2,1-2H3. The van der Waals surface area contributed by atoms with Crippen LogP contribution in [-0.2, 0) is 11.2 Å². The molecule has 96 valence electrons. The van der Waals surface area contributed by atoms with E-state index >= 15 is 0 Å². The SMILES string of the molecule is CCN(CC)C(=O)C(C#N)Cc1ccccc1F. The Morgan fingerprint density at radius 2 is 2.00 bits per heavy atom. The molecule has 0 bridgehead atoms. The first kappa shape index (κ1) is 14.2. The quantitative estimate of drug-likeness (QED) is 0.803. The summed E-state index contributed by atoms with van der Waals surface area (Å²) in [4.78, 5) is 13.6. The minimum atomic E-state index is -0.818. The molecule has 1 rings (SSSR count). The van der Waals surface area contributed by atoms with Gasteiger partial charge in [0.2, 0.25) is 5.91 Å². The molecule has 0 aliphatic rings. The highest BCUT2D eigenvalue weighted by molar-refractivity contribution is 5.81. The molecule has 1 aromatic carbocycles. The van der Waals surface area contributed by atoms with E-state index in [1.807, 2.05) is 19.9 Å². The molecule has 1 aromatic rings. The summed E-state index contributed by atoms with van der Waals surface area (Å²) in [6.45, 7) is 4.84. The van der Waals surface area contributed by atoms with Crippen molar-refractivity contribution in [1.29, 1.82) is 5.26 Å². The Hall–Kier alpha value is -1.89. The number of nitrogens with zero attached hydrogens (tertiary/aromatic N) is 2. The zero-order chi connectivity index (χ0) is 13.5. The summed E-state index contributed by atoms with van der Waals surface area (Å²) in [5, 5.41) is 9.07. The normalized spacial score (nSPS) is 11.7. The van der Waals surface area contributed by atoms with Crippen LogP contribution in [0.15, 0.2) is 24.3 Å². The maximum absolute atomic E-state index is 13.5. The van der Waals surface area contributed by atoms with Gasteiger partial charge in [-0.1, -0.05) is 18.2 Å². The molecule has 0 aliphatic heterocycles. The number of carbonyl (C=O) groups excluding carboxylic acids is 1. The molecule has 1 atom stereocenters. The fraction of sp³-hybridized carbons (Fsp3) is 0.429. The molecule has 0 saturated heterocycles. The van der Waals surface area contributed by atoms with Crippen molar-refractivity contribution in [1.82, 2.24) is 4.90 Å². The van der Waals surface area contributed by atoms with Crippen molar-refractivity contribution in [3.05, 3.63) is 35.6 Å². The molecule has 1 amide bonds. The summed E-state index contributed by atoms with van der Waals surface area (Å²) in [6.07, 6.45) is 0.124. The Labute approximate surface area is 107 Å². The highest BCUT2D eigenvalue weighted by atomic mass is 19.1. The van der Waals surface area contributed by atoms with Crippen molar-refractivity contribution in [3.8, 4) is 6.07 Å². The Bertz CT molecular complexity index is 449. The predicted molar refractivity (Wildman–Crippen MR) is 67.1 cm³/mol. The van der Waals surface area contributed by atoms with E-state index in [0.717, 1.165) is 0 Å². The van der Waals surface area contributed by atoms with Crippen molar-refractivity contribution in [2.45, 2.75) is 20.3 Å². The van der Waals surface area contributed by atoms with E-state index in [4.69, 9.17) is 5.26 Å². The number of nitriles is 1. The first-order valence-corrected chi connectivity index (χ1v) is 6.05. The average molecular weight is 248 g/mol. The summed E-state index contributed by atoms with van der Waals surface area (Å²) in [6, 6.07) is 8.21. The summed E-state index contributed by atoms with van der Waals surface area (Å²) in [5.41, 5.74) is 0.407. The van der Waals surface area contributed by atoms with E-state index in [1.165, 1.54) is 6.07 Å². The number of hydrogen-bond acceptors (Lipinski definition) is 2. The van der Waals surface area contributed by atoms with Crippen LogP contribution in [0.5, 0.6) is 0 Å². The van der Waals surface area contributed by atoms with Gasteiger partial charge in [0.15, 0.2) is 0 Å². The first-order valence-electron chi connectivity index (χ1n) is 6.05. The van der Waals surface area contributed by atoms with Gasteiger partial charge in [-0.15, -0.1) is 0 Å². The van der Waals surface area contributed by atoms with E-state index in [9.17, 15) is 9.18 Å². The molecule has 0 aliphatic carbocycles. The van der Waals surface area contributed by atoms with Crippen LogP contribution >= 0.6 is 0 Å². The smallest absolute Gasteiger partial charge is 0.240 e. The number of benzene rings is 1. The zero-order valence-corrected chi connectivity index (χ0v) is 10.7. The molecule has 18 heavy (non-hydrogen) atoms. The largest absolute Gasteiger partial charge is 0.342 e. The van der Waals surface area contributed by atoms with Gasteiger partial charge < -0.3 is 4.90 Å². The second-order valence-electron chi connectivity index (χ2n) is 3.99. The molecule has 4 heteroatoms. The Morgan fingerprint density at radius 1 is 1.39 bits per heavy atom. The fourth-order valence-electron chi connectivity index (χ4n) is 1.83. The summed E-state index contributed by atoms with van der Waals surface area (Å²) < 4.78 is 13.5. The number of halogens is 1. The maximum Gasteiger partial charge on any atom is 0.240 e. The number of amides is 1. The van der Waals surface area contributed by atoms with E-state index in [-0.39, 0.29) is 18.1 Å². The molecular formula is C14H17FN2O. The van der Waals surface area contributed by atoms with Gasteiger partial charge in [-0.05, 0) is 25.5 Å². The van der Waals surface area contributed by atoms with E-state index < -0.39 is 5.92 Å². The molecular weight excluding hydrogens is 231 g/mol. The van der Waals surface area contributed by atoms with Crippen molar-refractivity contribution in [2.75, 3.05) is 13.1 Å². The van der Waals surface area contributed by atoms with Gasteiger partial charge in [0.1, 0.15) is 11.7 Å². The molecule has 0 fully saturated rings. The van der Waals surface area contributed by atoms with E-state index in [1.54, 1.807) is 23.1 Å². The third-order valence-electron chi connectivity index (χ3n) is 2.91. The highest BCUT2D eigenvalue weighted by Gasteiger charge is 2.23. The van der Waals surface area contributed by atoms with E-state index in [2.05, 4.69) is 0 Å². The maximum atomic E-state index is 13.5. The van der Waals surface area contributed by atoms with Gasteiger partial charge in [-0.25, -0.2) is 4.39 Å². The lowest BCUT2D eigenvalue weighted by Crippen LogP contribution is -2.36. The third-order valence-corrected chi connectivity index (χ3v) is 2.91. The van der Waals surface area contributed by atoms with Crippen LogP contribution in [0.25, 0.3) is 0 Å². The topological polar surface area (TPSA) is 44.1 Å². The number of hydrogen-bond donors (Lipinski definition) is 0. The minimum absolute atomic E-state index is 0.124. The Balaban J connectivity index is 2.83. The Morgan fingerprint density at radius 3 is 2.50 bits per heavy atom. The molecule has 0 aromatic heterocycles. The minimum Gasteiger partial charge on any atom is -0.342 e. The van der Waals surface area contributed by atoms with Crippen LogP contribution in [0.4, 0.5) is 4.39 Å². The van der Waals surface area contributed by atoms with Gasteiger partial charge >= 0.3 is 0 Å². The summed E-state index contributed by atoms with van der Waals surface area (Å²) in [7, 11) is 0. The second kappa shape index (κ2) is 6.75. The second-order valence-corrected chi connectivity index (χ2v) is 3.99. The van der Waals surface area contributed by atoms with Crippen molar-refractivity contribution < 1.29 is 9.18 Å². The molecule has 1 unspecified atom stereocenters. The van der Waals surface area contributed by atoms with Crippen LogP contribution in [0, 0.1) is 23.1 Å². The van der Waals surface area contributed by atoms with Gasteiger partial charge in [0.05, 0.1) is 6.07 Å². The van der Waals surface area contributed by atoms with Crippen LogP contribution in [0.2, 0.25) is 0 Å². The lowest BCUT2D eigenvalue weighted by atomic mass is 9.99. The molecule has 0 heterocycles. The van der Waals surface area contributed by atoms with Crippen molar-refractivity contribution in [2.24, 2.45) is 5.92 Å². The van der Waals surface area contributed by atoms with Gasteiger partial charge in [-0.2, -0.15) is 5.26 Å². The lowest BCUT2D eigenvalue weighted by Gasteiger charge is -2.21. The molecule has 0 spiro atoms. The fourth-order valence-corrected chi connectivity index (χ4v) is 1.83. The van der Waals surface area contributed by atoms with Crippen LogP contribution in [0.1, 0.15) is 19.4 Å². The van der Waals surface area contributed by atoms with Crippen LogP contribution in [0.3, 0.4) is 0 Å². The van der Waals surface area contributed by atoms with Gasteiger partial charge in [0.25, 0.3) is 0 Å². The van der Waals surface area contributed by atoms with Crippen molar-refractivity contribution >= 4 is 5.91 Å². The summed E-state index contributed by atoms with van der Waals surface area (Å²) >= 11 is 0. The molecule has 3 nitrogen and oxygen atoms in total. The van der Waals surface area contributed by atoms with Gasteiger partial charge in [0, 0.05) is 19.5 Å². The molecule has 0 saturated carbocycles. The monoisotopic (exact) mass is 248 g/mol. The summed E-state index contributed by atoms with van der Waals surface area (Å²) in [5.74, 6) is -1.42. The van der Waals surface area contributed by atoms with E-state index in [0.29, 0.717) is 18.7 Å². The lowest BCUT2D eigenvalue weighted by molar-refractivity contribution is -0.133. The van der Waals surface area contributed by atoms with Crippen molar-refractivity contribution in [3.63, 3.8) is 0 Å². The third kappa shape index (κ3) is 3.30. The van der Waals surface area contributed by atoms with Crippen LogP contribution < -0.4 is 0 Å². The number of carbonyl (C=O) groups is 1. The molecule has 0 radical (unpaired) electrons. The van der Waals surface area contributed by atoms with Crippen LogP contribution in [-0.4, -0.2) is 23.9 Å². The average Bonchev–Trinajstić information content (AvgIpc) is 2.39. The predicted octanol–water partition coefficient (Wildman–Crippen LogP) is 2.38. The highest BCUT2D eigenvalue weighted by Crippen LogP contribution is 2.14. The molecule has 0 N–H and O–H groups in total. The Kier molecular flexibility index (Phi) is 5.31. The first-order chi connectivity index (χ1) is 8.63. The zero-order valence-electron chi connectivity index (χ0n) is 10.7. The number of rotatable bonds is 5.